The van der Waals surface area contributed by atoms with Gasteiger partial charge in [-0.15, -0.1) is 0 Å². The molecule has 2 aromatic carbocycles. The first-order valence-corrected chi connectivity index (χ1v) is 12.5. The van der Waals surface area contributed by atoms with Gasteiger partial charge in [-0.3, -0.25) is 4.90 Å². The summed E-state index contributed by atoms with van der Waals surface area (Å²) in [5.74, 6) is 1.67. The Hall–Kier alpha value is -1.84. The van der Waals surface area contributed by atoms with E-state index < -0.39 is 0 Å². The summed E-state index contributed by atoms with van der Waals surface area (Å²) < 4.78 is 0. The third-order valence-electron chi connectivity index (χ3n) is 9.26. The first kappa shape index (κ1) is 19.8. The number of hydrogen-bond donors (Lipinski definition) is 0. The molecular formula is C28H37N3. The maximum absolute atomic E-state index is 2.85. The molecule has 3 aliphatic heterocycles. The maximum atomic E-state index is 2.85. The lowest BCUT2D eigenvalue weighted by Gasteiger charge is -2.50. The Morgan fingerprint density at radius 2 is 1.71 bits per heavy atom. The van der Waals surface area contributed by atoms with Crippen molar-refractivity contribution >= 4 is 5.69 Å². The molecule has 3 nitrogen and oxygen atoms in total. The van der Waals surface area contributed by atoms with Crippen molar-refractivity contribution in [3.8, 4) is 0 Å². The summed E-state index contributed by atoms with van der Waals surface area (Å²) in [6.07, 6.45) is 5.16. The molecule has 3 unspecified atom stereocenters. The molecule has 0 N–H and O–H groups in total. The van der Waals surface area contributed by atoms with Crippen LogP contribution < -0.4 is 4.90 Å². The first-order valence-electron chi connectivity index (χ1n) is 12.5. The lowest BCUT2D eigenvalue weighted by atomic mass is 9.74. The SMILES string of the molecule is CCN1CC2CN(c3ccccc3)C3(CCN(C4Cc5cccc(C)c5C4)CC3)C2C1. The van der Waals surface area contributed by atoms with Gasteiger partial charge in [0.05, 0.1) is 0 Å². The molecule has 6 rings (SSSR count). The van der Waals surface area contributed by atoms with Crippen LogP contribution in [0.5, 0.6) is 0 Å². The topological polar surface area (TPSA) is 9.72 Å². The molecule has 0 amide bonds. The lowest BCUT2D eigenvalue weighted by molar-refractivity contribution is 0.0956. The summed E-state index contributed by atoms with van der Waals surface area (Å²) in [6, 6.07) is 18.9. The van der Waals surface area contributed by atoms with Gasteiger partial charge in [0.25, 0.3) is 0 Å². The molecule has 0 aromatic heterocycles. The van der Waals surface area contributed by atoms with Crippen molar-refractivity contribution in [2.75, 3.05) is 44.2 Å². The highest BCUT2D eigenvalue weighted by atomic mass is 15.3. The molecule has 3 fully saturated rings. The van der Waals surface area contributed by atoms with E-state index in [-0.39, 0.29) is 0 Å². The van der Waals surface area contributed by atoms with Crippen LogP contribution in [0, 0.1) is 18.8 Å². The van der Waals surface area contributed by atoms with E-state index in [4.69, 9.17) is 0 Å². The number of fused-ring (bicyclic) bond motifs is 3. The molecule has 0 bridgehead atoms. The van der Waals surface area contributed by atoms with E-state index in [2.05, 4.69) is 77.1 Å². The summed E-state index contributed by atoms with van der Waals surface area (Å²) >= 11 is 0. The minimum atomic E-state index is 0.355. The van der Waals surface area contributed by atoms with Crippen LogP contribution in [0.1, 0.15) is 36.5 Å². The van der Waals surface area contributed by atoms with Crippen LogP contribution in [0.3, 0.4) is 0 Å². The lowest BCUT2D eigenvalue weighted by Crippen LogP contribution is -2.58. The van der Waals surface area contributed by atoms with E-state index in [0.29, 0.717) is 11.6 Å². The predicted octanol–water partition coefficient (Wildman–Crippen LogP) is 4.38. The van der Waals surface area contributed by atoms with Crippen molar-refractivity contribution < 1.29 is 0 Å². The number of anilines is 1. The van der Waals surface area contributed by atoms with Crippen molar-refractivity contribution in [2.45, 2.75) is 51.1 Å². The zero-order valence-electron chi connectivity index (χ0n) is 19.3. The normalized spacial score (nSPS) is 30.1. The fourth-order valence-electron chi connectivity index (χ4n) is 7.58. The van der Waals surface area contributed by atoms with E-state index in [9.17, 15) is 0 Å². The van der Waals surface area contributed by atoms with Gasteiger partial charge < -0.3 is 9.80 Å². The summed E-state index contributed by atoms with van der Waals surface area (Å²) in [4.78, 5) is 8.40. The fraction of sp³-hybridized carbons (Fsp3) is 0.571. The van der Waals surface area contributed by atoms with Gasteiger partial charge in [0, 0.05) is 55.9 Å². The molecule has 3 saturated heterocycles. The average molecular weight is 416 g/mol. The minimum Gasteiger partial charge on any atom is -0.365 e. The number of nitrogens with zero attached hydrogens (tertiary/aromatic N) is 3. The van der Waals surface area contributed by atoms with Crippen LogP contribution in [-0.2, 0) is 12.8 Å². The number of hydrogen-bond acceptors (Lipinski definition) is 3. The molecule has 3 heteroatoms. The van der Waals surface area contributed by atoms with Crippen LogP contribution in [0.25, 0.3) is 0 Å². The van der Waals surface area contributed by atoms with E-state index in [1.165, 1.54) is 76.2 Å². The molecular weight excluding hydrogens is 378 g/mol. The van der Waals surface area contributed by atoms with Crippen molar-refractivity contribution in [2.24, 2.45) is 11.8 Å². The quantitative estimate of drug-likeness (QED) is 0.736. The fourth-order valence-corrected chi connectivity index (χ4v) is 7.58. The number of rotatable bonds is 3. The second-order valence-corrected chi connectivity index (χ2v) is 10.6. The summed E-state index contributed by atoms with van der Waals surface area (Å²) in [5.41, 5.74) is 6.54. The zero-order valence-corrected chi connectivity index (χ0v) is 19.3. The molecule has 3 atom stereocenters. The average Bonchev–Trinajstić information content (AvgIpc) is 3.49. The van der Waals surface area contributed by atoms with E-state index in [1.807, 2.05) is 0 Å². The minimum absolute atomic E-state index is 0.355. The van der Waals surface area contributed by atoms with Crippen molar-refractivity contribution in [3.63, 3.8) is 0 Å². The van der Waals surface area contributed by atoms with Crippen molar-refractivity contribution in [1.29, 1.82) is 0 Å². The van der Waals surface area contributed by atoms with Gasteiger partial charge in [-0.1, -0.05) is 43.3 Å². The van der Waals surface area contributed by atoms with Gasteiger partial charge in [-0.05, 0) is 73.9 Å². The number of piperidine rings is 1. The van der Waals surface area contributed by atoms with Crippen molar-refractivity contribution in [3.05, 3.63) is 65.2 Å². The van der Waals surface area contributed by atoms with E-state index in [0.717, 1.165) is 11.8 Å². The Kier molecular flexibility index (Phi) is 4.88. The molecule has 1 aliphatic carbocycles. The molecule has 31 heavy (non-hydrogen) atoms. The molecule has 164 valence electrons. The molecule has 0 saturated carbocycles. The monoisotopic (exact) mass is 415 g/mol. The summed E-state index contributed by atoms with van der Waals surface area (Å²) in [6.45, 7) is 12.2. The number of likely N-dealkylation sites (tertiary alicyclic amines) is 2. The van der Waals surface area contributed by atoms with Crippen LogP contribution in [-0.4, -0.2) is 60.6 Å². The van der Waals surface area contributed by atoms with Gasteiger partial charge in [-0.25, -0.2) is 0 Å². The Morgan fingerprint density at radius 3 is 2.45 bits per heavy atom. The van der Waals surface area contributed by atoms with Crippen LogP contribution in [0.4, 0.5) is 5.69 Å². The third-order valence-corrected chi connectivity index (χ3v) is 9.26. The third kappa shape index (κ3) is 3.15. The first-order chi connectivity index (χ1) is 15.2. The molecule has 2 aromatic rings. The highest BCUT2D eigenvalue weighted by Crippen LogP contribution is 2.51. The number of para-hydroxylation sites is 1. The largest absolute Gasteiger partial charge is 0.365 e. The Morgan fingerprint density at radius 1 is 0.903 bits per heavy atom. The van der Waals surface area contributed by atoms with Crippen LogP contribution in [0.15, 0.2) is 48.5 Å². The van der Waals surface area contributed by atoms with Crippen LogP contribution in [0.2, 0.25) is 0 Å². The molecule has 4 aliphatic rings. The number of aryl methyl sites for hydroxylation is 1. The second-order valence-electron chi connectivity index (χ2n) is 10.6. The van der Waals surface area contributed by atoms with Gasteiger partial charge in [0.2, 0.25) is 0 Å². The summed E-state index contributed by atoms with van der Waals surface area (Å²) in [7, 11) is 0. The highest BCUT2D eigenvalue weighted by molar-refractivity contribution is 5.52. The van der Waals surface area contributed by atoms with Gasteiger partial charge in [0.1, 0.15) is 0 Å². The zero-order chi connectivity index (χ0) is 21.0. The number of benzene rings is 2. The molecule has 3 heterocycles. The smallest absolute Gasteiger partial charge is 0.0470 e. The van der Waals surface area contributed by atoms with Gasteiger partial charge in [-0.2, -0.15) is 0 Å². The Bertz CT molecular complexity index is 931. The molecule has 1 spiro atoms. The summed E-state index contributed by atoms with van der Waals surface area (Å²) in [5, 5.41) is 0. The van der Waals surface area contributed by atoms with Gasteiger partial charge in [0.15, 0.2) is 0 Å². The van der Waals surface area contributed by atoms with E-state index >= 15 is 0 Å². The highest BCUT2D eigenvalue weighted by Gasteiger charge is 2.57. The maximum Gasteiger partial charge on any atom is 0.0470 e. The molecule has 0 radical (unpaired) electrons. The van der Waals surface area contributed by atoms with Crippen molar-refractivity contribution in [1.82, 2.24) is 9.80 Å². The van der Waals surface area contributed by atoms with Gasteiger partial charge >= 0.3 is 0 Å². The second kappa shape index (κ2) is 7.64. The van der Waals surface area contributed by atoms with E-state index in [1.54, 1.807) is 11.1 Å². The standard InChI is InChI=1S/C28H37N3/c1-3-29-18-23-19-31(24-10-5-4-6-11-24)28(27(23)20-29)12-14-30(15-13-28)25-16-22-9-7-8-21(2)26(22)17-25/h4-11,23,25,27H,3,12-20H2,1-2H3. The van der Waals surface area contributed by atoms with Crippen LogP contribution >= 0.6 is 0 Å². The Balaban J connectivity index is 1.23. The predicted molar refractivity (Wildman–Crippen MR) is 129 cm³/mol. The Labute approximate surface area is 188 Å².